The first-order valence-electron chi connectivity index (χ1n) is 36.6. The van der Waals surface area contributed by atoms with Crippen LogP contribution >= 0.6 is 48.9 Å². The summed E-state index contributed by atoms with van der Waals surface area (Å²) in [7, 11) is 5.41. The number of ether oxygens (including phenoxy) is 2. The number of esters is 2. The van der Waals surface area contributed by atoms with Crippen LogP contribution < -0.4 is 0 Å². The monoisotopic (exact) mass is 1870 g/mol. The van der Waals surface area contributed by atoms with Crippen LogP contribution in [-0.4, -0.2) is 222 Å². The fraction of sp³-hybridized carbons (Fsp3) is 0.375. The minimum Gasteiger partial charge on any atom is -0.753 e. The summed E-state index contributed by atoms with van der Waals surface area (Å²) >= 11 is 14.8. The van der Waals surface area contributed by atoms with Crippen LogP contribution in [0, 0.1) is 0 Å². The molecule has 0 atom stereocenters. The van der Waals surface area contributed by atoms with Gasteiger partial charge in [-0.15, -0.1) is 18.6 Å². The Kier molecular flexibility index (Phi) is 49.5. The summed E-state index contributed by atoms with van der Waals surface area (Å²) in [6.07, 6.45) is 6.08. The molecular formula is C80H96N16O16Ru2S4+4. The fourth-order valence-corrected chi connectivity index (χ4v) is 11.3. The Hall–Kier alpha value is -9.85. The summed E-state index contributed by atoms with van der Waals surface area (Å²) in [4.78, 5) is 162. The number of carbonyl (C=O) groups is 6. The molecule has 0 N–H and O–H groups in total. The maximum atomic E-state index is 14.2. The van der Waals surface area contributed by atoms with Crippen molar-refractivity contribution in [2.45, 2.75) is 96.3 Å². The van der Waals surface area contributed by atoms with E-state index in [0.717, 1.165) is 5.56 Å². The molecule has 628 valence electrons. The van der Waals surface area contributed by atoms with E-state index in [4.69, 9.17) is 89.9 Å². The van der Waals surface area contributed by atoms with Gasteiger partial charge in [-0.3, -0.25) is 39.3 Å². The van der Waals surface area contributed by atoms with Crippen molar-refractivity contribution in [3.8, 4) is 68.3 Å². The van der Waals surface area contributed by atoms with Crippen LogP contribution in [-0.2, 0) is 101 Å². The van der Waals surface area contributed by atoms with Crippen LogP contribution in [0.3, 0.4) is 0 Å². The number of methoxy groups -OCH3 is 2. The SMILES string of the molecule is CC[N+](CC)(CC)OC(=O)c1ccnc(-c2cc(C(=O)O[N+](CC)(CC)CC)cc(-c3cc(C(=O)O[N+](CC)(CC)CC)cc(-c4cc(C(=O)O[N+](CC)(CC)CC)ccn4)n3)n2)c1.COOCc1ccnc(-c2cc(COOC)cc(-c3cc(C(=O)OC)cc(-c4cc(C(=O)OC)ccn4)n3)n2)c1.[N-]=C=S.[N-]=C=S.[N-]=C=S.[N-]=C=S.[Ru+2].[Ru+2]. The summed E-state index contributed by atoms with van der Waals surface area (Å²) in [5, 5.41) is 33.9. The number of hydrogen-bond donors (Lipinski definition) is 0. The number of hydrogen-bond acceptors (Lipinski definition) is 28. The van der Waals surface area contributed by atoms with E-state index < -0.39 is 35.8 Å². The molecule has 0 unspecified atom stereocenters. The van der Waals surface area contributed by atoms with Crippen molar-refractivity contribution in [2.75, 3.05) is 107 Å². The normalized spacial score (nSPS) is 10.5. The van der Waals surface area contributed by atoms with Crippen molar-refractivity contribution >= 4 is 105 Å². The predicted molar refractivity (Wildman–Crippen MR) is 447 cm³/mol. The minimum atomic E-state index is -0.609. The summed E-state index contributed by atoms with van der Waals surface area (Å²) in [5.41, 5.74) is 6.80. The molecule has 0 aliphatic heterocycles. The summed E-state index contributed by atoms with van der Waals surface area (Å²) in [6, 6.07) is 25.8. The molecule has 32 nitrogen and oxygen atoms in total. The van der Waals surface area contributed by atoms with E-state index in [1.54, 1.807) is 79.0 Å². The van der Waals surface area contributed by atoms with Gasteiger partial charge in [-0.2, -0.15) is 20.6 Å². The van der Waals surface area contributed by atoms with E-state index in [2.05, 4.69) is 68.8 Å². The minimum absolute atomic E-state index is 0. The topological polar surface area (TPSA) is 387 Å². The van der Waals surface area contributed by atoms with Crippen molar-refractivity contribution < 1.29 is 135 Å². The van der Waals surface area contributed by atoms with Crippen LogP contribution in [0.15, 0.2) is 122 Å². The van der Waals surface area contributed by atoms with Crippen molar-refractivity contribution in [1.29, 1.82) is 0 Å². The van der Waals surface area contributed by atoms with Gasteiger partial charge in [0.1, 0.15) is 91.8 Å². The average molecular weight is 1870 g/mol. The second-order valence-electron chi connectivity index (χ2n) is 24.2. The number of rotatable bonds is 34. The predicted octanol–water partition coefficient (Wildman–Crippen LogP) is 14.7. The van der Waals surface area contributed by atoms with E-state index in [1.807, 2.05) is 89.2 Å². The molecule has 118 heavy (non-hydrogen) atoms. The Morgan fingerprint density at radius 2 is 0.483 bits per heavy atom. The molecule has 0 aromatic carbocycles. The van der Waals surface area contributed by atoms with Gasteiger partial charge in [0.2, 0.25) is 0 Å². The van der Waals surface area contributed by atoms with Crippen LogP contribution in [0.2, 0.25) is 0 Å². The molecule has 0 amide bonds. The molecule has 0 saturated heterocycles. The van der Waals surface area contributed by atoms with Gasteiger partial charge < -0.3 is 31.1 Å². The van der Waals surface area contributed by atoms with E-state index in [-0.39, 0.29) is 138 Å². The molecule has 8 aromatic rings. The molecule has 0 fully saturated rings. The molecule has 0 radical (unpaired) electrons. The third kappa shape index (κ3) is 31.1. The number of thiocarbonyl (C=S) groups is 4. The van der Waals surface area contributed by atoms with Crippen molar-refractivity contribution in [3.05, 3.63) is 188 Å². The third-order valence-corrected chi connectivity index (χ3v) is 18.5. The second kappa shape index (κ2) is 55.0. The van der Waals surface area contributed by atoms with Crippen molar-refractivity contribution in [2.24, 2.45) is 0 Å². The molecule has 0 aliphatic carbocycles. The molecule has 0 saturated carbocycles. The Labute approximate surface area is 734 Å². The maximum Gasteiger partial charge on any atom is 2.00 e. The molecule has 8 heterocycles. The number of quaternary nitrogens is 4. The second-order valence-corrected chi connectivity index (χ2v) is 24.9. The number of nitrogens with zero attached hydrogens (tertiary/aromatic N) is 16. The molecule has 38 heteroatoms. The van der Waals surface area contributed by atoms with Crippen LogP contribution in [0.25, 0.3) is 90.0 Å². The Balaban J connectivity index is 0.00000110. The Morgan fingerprint density at radius 1 is 0.297 bits per heavy atom. The number of pyridine rings is 8. The van der Waals surface area contributed by atoms with Crippen molar-refractivity contribution in [1.82, 2.24) is 39.9 Å². The first kappa shape index (κ1) is 106. The standard InChI is InChI=1S/C48H70N8O8.C28H26N4O8.4CNS.2Ru/c1-13-53(14-2,15-3)61-45(57)35-25-27-49-39(29-35)41-31-37(47(59)63-55(19-7,20-8)21-9)33-43(51-41)44-34-38(48(60)64-56(22-10,23-11)24-12)32-42(52-44)40-30-36(26-28-50-40)46(58)62-54(16-4,17-5)18-6;1-35-27(33)19-6-8-30-22(12-19)25-13-20(28(34)36-2)14-26(32-25)24-11-18(16-40-38-4)10-23(31-24)21-9-17(5-7-29-21)15-39-37-3;4*2-1-3;;/h25-34H,13-24H2,1-12H3;5-14H,15-16H2,1-4H3;;;;;;/q+4;;4*-1;2*+2. The summed E-state index contributed by atoms with van der Waals surface area (Å²) in [5.74, 6) is -3.39. The van der Waals surface area contributed by atoms with Crippen LogP contribution in [0.4, 0.5) is 0 Å². The Bertz CT molecular complexity index is 4530. The number of hydroxylamine groups is 12. The van der Waals surface area contributed by atoms with Gasteiger partial charge in [0.15, 0.2) is 0 Å². The summed E-state index contributed by atoms with van der Waals surface area (Å²) in [6.45, 7) is 30.7. The number of aromatic nitrogens is 8. The van der Waals surface area contributed by atoms with E-state index in [9.17, 15) is 28.8 Å². The average Bonchev–Trinajstić information content (AvgIpc) is 0.788. The van der Waals surface area contributed by atoms with Crippen LogP contribution in [0.1, 0.15) is 156 Å². The number of carbonyl (C=O) groups excluding carboxylic acids is 6. The molecular weight excluding hydrogens is 1770 g/mol. The zero-order chi connectivity index (χ0) is 86.6. The maximum absolute atomic E-state index is 14.2. The zero-order valence-corrected chi connectivity index (χ0v) is 75.2. The van der Waals surface area contributed by atoms with Gasteiger partial charge >= 0.3 is 74.8 Å². The third-order valence-electron chi connectivity index (χ3n) is 18.5. The number of isothiocyanates is 4. The fourth-order valence-electron chi connectivity index (χ4n) is 11.3. The molecule has 0 bridgehead atoms. The molecule has 8 rings (SSSR count). The first-order chi connectivity index (χ1) is 55.7. The molecule has 8 aromatic heterocycles. The van der Waals surface area contributed by atoms with Crippen LogP contribution in [0.5, 0.6) is 0 Å². The van der Waals surface area contributed by atoms with E-state index in [0.29, 0.717) is 118 Å². The van der Waals surface area contributed by atoms with Gasteiger partial charge in [0.05, 0.1) is 130 Å². The summed E-state index contributed by atoms with van der Waals surface area (Å²) < 4.78 is 10.2. The first-order valence-corrected chi connectivity index (χ1v) is 38.2. The van der Waals surface area contributed by atoms with Gasteiger partial charge in [0, 0.05) is 24.8 Å². The van der Waals surface area contributed by atoms with Crippen molar-refractivity contribution in [3.63, 3.8) is 0 Å². The zero-order valence-electron chi connectivity index (χ0n) is 68.5. The smallest absolute Gasteiger partial charge is 0.753 e. The van der Waals surface area contributed by atoms with Gasteiger partial charge in [-0.05, 0) is 191 Å². The van der Waals surface area contributed by atoms with Gasteiger partial charge in [-0.25, -0.2) is 68.3 Å². The quantitative estimate of drug-likeness (QED) is 0.00687. The Morgan fingerprint density at radius 3 is 0.746 bits per heavy atom. The molecule has 0 aliphatic rings. The van der Waals surface area contributed by atoms with Gasteiger partial charge in [-0.1, -0.05) is 48.9 Å². The van der Waals surface area contributed by atoms with Gasteiger partial charge in [0.25, 0.3) is 0 Å². The molecule has 0 spiro atoms. The van der Waals surface area contributed by atoms with E-state index in [1.165, 1.54) is 85.9 Å². The van der Waals surface area contributed by atoms with E-state index >= 15 is 0 Å². The largest absolute Gasteiger partial charge is 2.00 e.